The average Bonchev–Trinajstić information content (AvgIpc) is 2.69. The number of nitrogens with one attached hydrogen (secondary N) is 2. The van der Waals surface area contributed by atoms with Gasteiger partial charge in [-0.1, -0.05) is 42.0 Å². The van der Waals surface area contributed by atoms with Crippen LogP contribution in [0.2, 0.25) is 0 Å². The Bertz CT molecular complexity index is 981. The van der Waals surface area contributed by atoms with Gasteiger partial charge < -0.3 is 15.4 Å². The molecule has 0 aliphatic carbocycles. The number of methoxy groups -OCH3 is 1. The predicted molar refractivity (Wildman–Crippen MR) is 111 cm³/mol. The summed E-state index contributed by atoms with van der Waals surface area (Å²) in [5.74, 6) is -0.467. The van der Waals surface area contributed by atoms with E-state index in [4.69, 9.17) is 4.74 Å². The number of carbonyl (C=O) groups is 2. The van der Waals surface area contributed by atoms with Gasteiger partial charge in [0.2, 0.25) is 5.91 Å². The Morgan fingerprint density at radius 2 is 1.61 bits per heavy atom. The Labute approximate surface area is 164 Å². The molecule has 5 heteroatoms. The average molecular weight is 374 g/mol. The molecule has 3 aromatic carbocycles. The van der Waals surface area contributed by atoms with E-state index in [0.717, 1.165) is 16.8 Å². The van der Waals surface area contributed by atoms with E-state index < -0.39 is 5.97 Å². The van der Waals surface area contributed by atoms with Crippen molar-refractivity contribution < 1.29 is 14.3 Å². The number of carbonyl (C=O) groups excluding carboxylic acids is 2. The van der Waals surface area contributed by atoms with E-state index in [0.29, 0.717) is 23.4 Å². The second kappa shape index (κ2) is 8.86. The molecule has 142 valence electrons. The highest BCUT2D eigenvalue weighted by Gasteiger charge is 2.11. The molecular formula is C23H22N2O3. The smallest absolute Gasteiger partial charge is 0.339 e. The van der Waals surface area contributed by atoms with Gasteiger partial charge in [-0.2, -0.15) is 0 Å². The largest absolute Gasteiger partial charge is 0.465 e. The number of aryl methyl sites for hydroxylation is 1. The maximum absolute atomic E-state index is 12.2. The number of hydrogen-bond acceptors (Lipinski definition) is 4. The number of anilines is 3. The van der Waals surface area contributed by atoms with Crippen LogP contribution < -0.4 is 10.6 Å². The van der Waals surface area contributed by atoms with Gasteiger partial charge in [0.15, 0.2) is 0 Å². The topological polar surface area (TPSA) is 67.4 Å². The van der Waals surface area contributed by atoms with Gasteiger partial charge in [-0.3, -0.25) is 4.79 Å². The van der Waals surface area contributed by atoms with Crippen LogP contribution in [0.25, 0.3) is 0 Å². The molecule has 28 heavy (non-hydrogen) atoms. The fraction of sp³-hybridized carbons (Fsp3) is 0.130. The minimum atomic E-state index is -0.400. The van der Waals surface area contributed by atoms with Crippen LogP contribution in [0.4, 0.5) is 17.1 Å². The normalized spacial score (nSPS) is 10.2. The van der Waals surface area contributed by atoms with Crippen molar-refractivity contribution in [2.24, 2.45) is 0 Å². The third-order valence-electron chi connectivity index (χ3n) is 4.23. The summed E-state index contributed by atoms with van der Waals surface area (Å²) in [7, 11) is 1.35. The second-order valence-corrected chi connectivity index (χ2v) is 6.45. The Morgan fingerprint density at radius 1 is 0.893 bits per heavy atom. The van der Waals surface area contributed by atoms with E-state index in [1.165, 1.54) is 7.11 Å². The van der Waals surface area contributed by atoms with E-state index >= 15 is 0 Å². The summed E-state index contributed by atoms with van der Waals surface area (Å²) in [6, 6.07) is 22.4. The lowest BCUT2D eigenvalue weighted by atomic mass is 10.1. The highest BCUT2D eigenvalue weighted by molar-refractivity contribution is 5.96. The summed E-state index contributed by atoms with van der Waals surface area (Å²) in [6.07, 6.45) is 0.328. The minimum Gasteiger partial charge on any atom is -0.465 e. The van der Waals surface area contributed by atoms with Gasteiger partial charge in [0, 0.05) is 11.4 Å². The van der Waals surface area contributed by atoms with E-state index in [1.807, 2.05) is 67.6 Å². The van der Waals surface area contributed by atoms with Crippen molar-refractivity contribution in [2.75, 3.05) is 17.7 Å². The first kappa shape index (κ1) is 19.2. The zero-order chi connectivity index (χ0) is 19.9. The van der Waals surface area contributed by atoms with Crippen LogP contribution in [0.1, 0.15) is 21.5 Å². The van der Waals surface area contributed by atoms with E-state index in [2.05, 4.69) is 10.6 Å². The fourth-order valence-corrected chi connectivity index (χ4v) is 2.89. The Morgan fingerprint density at radius 3 is 2.32 bits per heavy atom. The second-order valence-electron chi connectivity index (χ2n) is 6.45. The standard InChI is InChI=1S/C23H22N2O3/c1-16-6-5-7-17(14-16)15-22(26)25-19-12-10-18(11-13-19)24-21-9-4-3-8-20(21)23(27)28-2/h3-14,24H,15H2,1-2H3,(H,25,26). The summed E-state index contributed by atoms with van der Waals surface area (Å²) in [5.41, 5.74) is 4.74. The summed E-state index contributed by atoms with van der Waals surface area (Å²) >= 11 is 0. The van der Waals surface area contributed by atoms with Crippen LogP contribution in [-0.4, -0.2) is 19.0 Å². The lowest BCUT2D eigenvalue weighted by Crippen LogP contribution is -2.14. The number of rotatable bonds is 6. The highest BCUT2D eigenvalue weighted by atomic mass is 16.5. The molecule has 0 saturated carbocycles. The minimum absolute atomic E-state index is 0.0673. The molecule has 0 atom stereocenters. The molecule has 0 heterocycles. The summed E-state index contributed by atoms with van der Waals surface area (Å²) in [4.78, 5) is 24.1. The number of esters is 1. The first-order valence-corrected chi connectivity index (χ1v) is 8.95. The van der Waals surface area contributed by atoms with Crippen molar-refractivity contribution in [3.63, 3.8) is 0 Å². The van der Waals surface area contributed by atoms with Gasteiger partial charge >= 0.3 is 5.97 Å². The van der Waals surface area contributed by atoms with Crippen molar-refractivity contribution in [2.45, 2.75) is 13.3 Å². The number of para-hydroxylation sites is 1. The molecule has 0 aliphatic rings. The lowest BCUT2D eigenvalue weighted by molar-refractivity contribution is -0.115. The molecule has 0 unspecified atom stereocenters. The maximum Gasteiger partial charge on any atom is 0.339 e. The Kier molecular flexibility index (Phi) is 6.07. The summed E-state index contributed by atoms with van der Waals surface area (Å²) < 4.78 is 4.81. The fourth-order valence-electron chi connectivity index (χ4n) is 2.89. The van der Waals surface area contributed by atoms with Gasteiger partial charge in [0.1, 0.15) is 0 Å². The highest BCUT2D eigenvalue weighted by Crippen LogP contribution is 2.23. The number of hydrogen-bond donors (Lipinski definition) is 2. The molecule has 5 nitrogen and oxygen atoms in total. The van der Waals surface area contributed by atoms with Gasteiger partial charge in [0.25, 0.3) is 0 Å². The SMILES string of the molecule is COC(=O)c1ccccc1Nc1ccc(NC(=O)Cc2cccc(C)c2)cc1. The Hall–Kier alpha value is -3.60. The van der Waals surface area contributed by atoms with Crippen LogP contribution in [0, 0.1) is 6.92 Å². The van der Waals surface area contributed by atoms with Crippen molar-refractivity contribution >= 4 is 28.9 Å². The van der Waals surface area contributed by atoms with Crippen LogP contribution in [0.15, 0.2) is 72.8 Å². The monoisotopic (exact) mass is 374 g/mol. The van der Waals surface area contributed by atoms with Crippen LogP contribution in [0.5, 0.6) is 0 Å². The van der Waals surface area contributed by atoms with E-state index in [1.54, 1.807) is 12.1 Å². The predicted octanol–water partition coefficient (Wildman–Crippen LogP) is 4.71. The number of amides is 1. The molecule has 0 aromatic heterocycles. The first-order valence-electron chi connectivity index (χ1n) is 8.95. The third-order valence-corrected chi connectivity index (χ3v) is 4.23. The van der Waals surface area contributed by atoms with Gasteiger partial charge in [0.05, 0.1) is 24.8 Å². The summed E-state index contributed by atoms with van der Waals surface area (Å²) in [6.45, 7) is 2.01. The van der Waals surface area contributed by atoms with Gasteiger partial charge in [-0.25, -0.2) is 4.79 Å². The van der Waals surface area contributed by atoms with Crippen LogP contribution in [0.3, 0.4) is 0 Å². The molecule has 0 spiro atoms. The molecule has 1 amide bonds. The molecule has 2 N–H and O–H groups in total. The van der Waals surface area contributed by atoms with E-state index in [-0.39, 0.29) is 5.91 Å². The first-order chi connectivity index (χ1) is 13.5. The molecule has 0 radical (unpaired) electrons. The zero-order valence-corrected chi connectivity index (χ0v) is 15.9. The molecular weight excluding hydrogens is 352 g/mol. The van der Waals surface area contributed by atoms with Crippen molar-refractivity contribution in [1.82, 2.24) is 0 Å². The summed E-state index contributed by atoms with van der Waals surface area (Å²) in [5, 5.41) is 6.10. The van der Waals surface area contributed by atoms with Crippen molar-refractivity contribution in [3.05, 3.63) is 89.5 Å². The zero-order valence-electron chi connectivity index (χ0n) is 15.9. The molecule has 0 fully saturated rings. The molecule has 3 aromatic rings. The molecule has 0 bridgehead atoms. The van der Waals surface area contributed by atoms with E-state index in [9.17, 15) is 9.59 Å². The van der Waals surface area contributed by atoms with Gasteiger partial charge in [-0.15, -0.1) is 0 Å². The van der Waals surface area contributed by atoms with Crippen molar-refractivity contribution in [3.8, 4) is 0 Å². The molecule has 0 saturated heterocycles. The quantitative estimate of drug-likeness (QED) is 0.614. The number of ether oxygens (including phenoxy) is 1. The van der Waals surface area contributed by atoms with Crippen LogP contribution >= 0.6 is 0 Å². The number of benzene rings is 3. The maximum atomic E-state index is 12.2. The lowest BCUT2D eigenvalue weighted by Gasteiger charge is -2.11. The van der Waals surface area contributed by atoms with Crippen LogP contribution in [-0.2, 0) is 16.0 Å². The molecule has 0 aliphatic heterocycles. The van der Waals surface area contributed by atoms with Gasteiger partial charge in [-0.05, 0) is 48.9 Å². The van der Waals surface area contributed by atoms with Crippen molar-refractivity contribution in [1.29, 1.82) is 0 Å². The molecule has 3 rings (SSSR count). The third kappa shape index (κ3) is 4.98. The Balaban J connectivity index is 1.64.